The molecule has 3 N–H and O–H groups in total. The van der Waals surface area contributed by atoms with E-state index in [9.17, 15) is 5.11 Å². The zero-order chi connectivity index (χ0) is 10.6. The van der Waals surface area contributed by atoms with Crippen molar-refractivity contribution in [1.29, 1.82) is 0 Å². The Morgan fingerprint density at radius 1 is 1.43 bits per heavy atom. The van der Waals surface area contributed by atoms with Gasteiger partial charge in [0.15, 0.2) is 0 Å². The van der Waals surface area contributed by atoms with E-state index in [-0.39, 0.29) is 6.04 Å². The van der Waals surface area contributed by atoms with Crippen LogP contribution in [0.3, 0.4) is 0 Å². The van der Waals surface area contributed by atoms with Crippen LogP contribution in [-0.2, 0) is 0 Å². The van der Waals surface area contributed by atoms with Gasteiger partial charge in [-0.25, -0.2) is 0 Å². The predicted octanol–water partition coefficient (Wildman–Crippen LogP) is 1.49. The first-order chi connectivity index (χ1) is 6.61. The first-order valence-electron chi connectivity index (χ1n) is 4.96. The molecule has 0 unspecified atom stereocenters. The van der Waals surface area contributed by atoms with Crippen LogP contribution < -0.4 is 5.73 Å². The van der Waals surface area contributed by atoms with Crippen molar-refractivity contribution in [2.45, 2.75) is 32.4 Å². The normalized spacial score (nSPS) is 15.5. The van der Waals surface area contributed by atoms with Crippen molar-refractivity contribution in [1.82, 2.24) is 4.98 Å². The molecule has 0 saturated heterocycles. The number of rotatable bonds is 4. The van der Waals surface area contributed by atoms with Gasteiger partial charge in [-0.2, -0.15) is 0 Å². The maximum Gasteiger partial charge on any atom is 0.111 e. The molecule has 3 nitrogen and oxygen atoms in total. The zero-order valence-corrected chi connectivity index (χ0v) is 8.72. The molecule has 1 heterocycles. The highest BCUT2D eigenvalue weighted by atomic mass is 16.3. The van der Waals surface area contributed by atoms with Gasteiger partial charge in [-0.15, -0.1) is 0 Å². The van der Waals surface area contributed by atoms with Crippen LogP contribution in [0.1, 0.15) is 32.1 Å². The van der Waals surface area contributed by atoms with Crippen LogP contribution in [0.5, 0.6) is 0 Å². The minimum atomic E-state index is -0.654. The van der Waals surface area contributed by atoms with Crippen molar-refractivity contribution < 1.29 is 5.11 Å². The summed E-state index contributed by atoms with van der Waals surface area (Å²) in [5, 5.41) is 9.85. The Morgan fingerprint density at radius 2 is 2.14 bits per heavy atom. The van der Waals surface area contributed by atoms with Crippen molar-refractivity contribution in [2.75, 3.05) is 0 Å². The number of aliphatic hydroxyl groups is 1. The van der Waals surface area contributed by atoms with E-state index in [2.05, 4.69) is 18.8 Å². The standard InChI is InChI=1S/C11H18N2O/c1-8(2)7-9(12)11(14)10-5-3-4-6-13-10/h3-6,8-9,11,14H,7,12H2,1-2H3/t9-,11+/m1/s1. The number of nitrogens with zero attached hydrogens (tertiary/aromatic N) is 1. The second-order valence-corrected chi connectivity index (χ2v) is 3.99. The third-order valence-electron chi connectivity index (χ3n) is 2.14. The summed E-state index contributed by atoms with van der Waals surface area (Å²) < 4.78 is 0. The smallest absolute Gasteiger partial charge is 0.111 e. The SMILES string of the molecule is CC(C)C[C@@H](N)[C@H](O)c1ccccn1. The molecular weight excluding hydrogens is 176 g/mol. The van der Waals surface area contributed by atoms with E-state index >= 15 is 0 Å². The molecule has 78 valence electrons. The lowest BCUT2D eigenvalue weighted by molar-refractivity contribution is 0.131. The van der Waals surface area contributed by atoms with E-state index in [1.165, 1.54) is 0 Å². The molecule has 0 saturated carbocycles. The summed E-state index contributed by atoms with van der Waals surface area (Å²) in [6.45, 7) is 4.18. The summed E-state index contributed by atoms with van der Waals surface area (Å²) in [6, 6.07) is 5.24. The second kappa shape index (κ2) is 5.08. The van der Waals surface area contributed by atoms with Gasteiger partial charge in [-0.05, 0) is 24.5 Å². The molecule has 1 aromatic rings. The van der Waals surface area contributed by atoms with Crippen LogP contribution in [0.25, 0.3) is 0 Å². The number of hydrogen-bond donors (Lipinski definition) is 2. The molecule has 0 radical (unpaired) electrons. The first kappa shape index (κ1) is 11.1. The van der Waals surface area contributed by atoms with E-state index < -0.39 is 6.10 Å². The molecular formula is C11H18N2O. The summed E-state index contributed by atoms with van der Waals surface area (Å²) in [4.78, 5) is 4.08. The summed E-state index contributed by atoms with van der Waals surface area (Å²) in [5.41, 5.74) is 6.51. The quantitative estimate of drug-likeness (QED) is 0.763. The fourth-order valence-corrected chi connectivity index (χ4v) is 1.44. The van der Waals surface area contributed by atoms with E-state index in [0.717, 1.165) is 6.42 Å². The lowest BCUT2D eigenvalue weighted by Gasteiger charge is -2.19. The molecule has 14 heavy (non-hydrogen) atoms. The molecule has 0 bridgehead atoms. The average Bonchev–Trinajstić information content (AvgIpc) is 2.17. The Morgan fingerprint density at radius 3 is 2.64 bits per heavy atom. The highest BCUT2D eigenvalue weighted by Crippen LogP contribution is 2.17. The molecule has 0 aliphatic carbocycles. The summed E-state index contributed by atoms with van der Waals surface area (Å²) >= 11 is 0. The van der Waals surface area contributed by atoms with Crippen molar-refractivity contribution in [3.8, 4) is 0 Å². The van der Waals surface area contributed by atoms with E-state index in [0.29, 0.717) is 11.6 Å². The van der Waals surface area contributed by atoms with Crippen LogP contribution in [0, 0.1) is 5.92 Å². The van der Waals surface area contributed by atoms with Crippen molar-refractivity contribution >= 4 is 0 Å². The van der Waals surface area contributed by atoms with E-state index in [1.54, 1.807) is 12.3 Å². The Kier molecular flexibility index (Phi) is 4.04. The zero-order valence-electron chi connectivity index (χ0n) is 8.72. The van der Waals surface area contributed by atoms with Gasteiger partial charge in [0.05, 0.1) is 5.69 Å². The summed E-state index contributed by atoms with van der Waals surface area (Å²) in [5.74, 6) is 0.489. The molecule has 0 aliphatic rings. The van der Waals surface area contributed by atoms with Crippen LogP contribution in [0.15, 0.2) is 24.4 Å². The highest BCUT2D eigenvalue weighted by Gasteiger charge is 2.18. The second-order valence-electron chi connectivity index (χ2n) is 3.99. The Labute approximate surface area is 85.0 Å². The largest absolute Gasteiger partial charge is 0.385 e. The van der Waals surface area contributed by atoms with Crippen molar-refractivity contribution in [2.24, 2.45) is 11.7 Å². The molecule has 0 fully saturated rings. The van der Waals surface area contributed by atoms with Crippen molar-refractivity contribution in [3.63, 3.8) is 0 Å². The van der Waals surface area contributed by atoms with Crippen LogP contribution in [0.2, 0.25) is 0 Å². The molecule has 0 aromatic carbocycles. The molecule has 0 amide bonds. The van der Waals surface area contributed by atoms with E-state index in [1.807, 2.05) is 12.1 Å². The Bertz CT molecular complexity index is 261. The van der Waals surface area contributed by atoms with Crippen LogP contribution in [0.4, 0.5) is 0 Å². The van der Waals surface area contributed by atoms with Crippen molar-refractivity contribution in [3.05, 3.63) is 30.1 Å². The van der Waals surface area contributed by atoms with Gasteiger partial charge in [0.25, 0.3) is 0 Å². The number of aromatic nitrogens is 1. The maximum atomic E-state index is 9.85. The van der Waals surface area contributed by atoms with Crippen LogP contribution in [-0.4, -0.2) is 16.1 Å². The molecule has 1 aromatic heterocycles. The van der Waals surface area contributed by atoms with Gasteiger partial charge in [0, 0.05) is 12.2 Å². The number of aliphatic hydroxyl groups excluding tert-OH is 1. The minimum absolute atomic E-state index is 0.232. The molecule has 2 atom stereocenters. The summed E-state index contributed by atoms with van der Waals surface area (Å²) in [6.07, 6.45) is 1.82. The number of pyridine rings is 1. The van der Waals surface area contributed by atoms with Crippen LogP contribution >= 0.6 is 0 Å². The van der Waals surface area contributed by atoms with Gasteiger partial charge < -0.3 is 10.8 Å². The summed E-state index contributed by atoms with van der Waals surface area (Å²) in [7, 11) is 0. The van der Waals surface area contributed by atoms with Gasteiger partial charge in [0.1, 0.15) is 6.10 Å². The van der Waals surface area contributed by atoms with Gasteiger partial charge in [-0.1, -0.05) is 19.9 Å². The number of nitrogens with two attached hydrogens (primary N) is 1. The topological polar surface area (TPSA) is 59.1 Å². The third kappa shape index (κ3) is 3.09. The van der Waals surface area contributed by atoms with Gasteiger partial charge in [-0.3, -0.25) is 4.98 Å². The third-order valence-corrected chi connectivity index (χ3v) is 2.14. The molecule has 0 aliphatic heterocycles. The van der Waals surface area contributed by atoms with Gasteiger partial charge in [0.2, 0.25) is 0 Å². The minimum Gasteiger partial charge on any atom is -0.385 e. The lowest BCUT2D eigenvalue weighted by Crippen LogP contribution is -2.30. The molecule has 3 heteroatoms. The fraction of sp³-hybridized carbons (Fsp3) is 0.545. The Balaban J connectivity index is 2.61. The van der Waals surface area contributed by atoms with Gasteiger partial charge >= 0.3 is 0 Å². The maximum absolute atomic E-state index is 9.85. The average molecular weight is 194 g/mol. The monoisotopic (exact) mass is 194 g/mol. The highest BCUT2D eigenvalue weighted by molar-refractivity contribution is 5.08. The van der Waals surface area contributed by atoms with E-state index in [4.69, 9.17) is 5.73 Å². The lowest BCUT2D eigenvalue weighted by atomic mass is 9.98. The fourth-order valence-electron chi connectivity index (χ4n) is 1.44. The molecule has 0 spiro atoms. The first-order valence-corrected chi connectivity index (χ1v) is 4.96. The predicted molar refractivity (Wildman–Crippen MR) is 56.6 cm³/mol. The Hall–Kier alpha value is -0.930. The molecule has 1 rings (SSSR count). The number of hydrogen-bond acceptors (Lipinski definition) is 3.